The number of carbonyl (C=O) groups excluding carboxylic acids is 1. The molecular weight excluding hydrogens is 348 g/mol. The van der Waals surface area contributed by atoms with Crippen molar-refractivity contribution in [3.8, 4) is 0 Å². The first-order valence-corrected chi connectivity index (χ1v) is 9.53. The molecule has 25 heavy (non-hydrogen) atoms. The lowest BCUT2D eigenvalue weighted by atomic mass is 9.81. The fourth-order valence-corrected chi connectivity index (χ4v) is 4.33. The largest absolute Gasteiger partial charge is 0.376 e. The maximum Gasteiger partial charge on any atom is 0.224 e. The lowest BCUT2D eigenvalue weighted by Gasteiger charge is -2.35. The molecule has 0 aromatic carbocycles. The molecule has 0 spiro atoms. The molecule has 3 aliphatic rings. The Labute approximate surface area is 152 Å². The summed E-state index contributed by atoms with van der Waals surface area (Å²) in [6, 6.07) is 0. The lowest BCUT2D eigenvalue weighted by molar-refractivity contribution is -0.349. The molecule has 3 fully saturated rings. The molecule has 0 aromatic heterocycles. The van der Waals surface area contributed by atoms with E-state index in [-0.39, 0.29) is 18.2 Å². The van der Waals surface area contributed by atoms with E-state index in [2.05, 4.69) is 12.6 Å². The van der Waals surface area contributed by atoms with Gasteiger partial charge in [-0.25, -0.2) is 0 Å². The highest BCUT2D eigenvalue weighted by molar-refractivity contribution is 7.81. The van der Waals surface area contributed by atoms with Crippen molar-refractivity contribution in [3.63, 3.8) is 0 Å². The smallest absolute Gasteiger partial charge is 0.224 e. The third kappa shape index (κ3) is 4.29. The molecule has 1 amide bonds. The van der Waals surface area contributed by atoms with Gasteiger partial charge in [0.25, 0.3) is 0 Å². The molecule has 4 N–H and O–H groups in total. The van der Waals surface area contributed by atoms with Crippen LogP contribution in [0, 0.1) is 11.8 Å². The highest BCUT2D eigenvalue weighted by atomic mass is 32.1. The number of carbonyl (C=O) groups is 1. The van der Waals surface area contributed by atoms with Gasteiger partial charge in [-0.1, -0.05) is 0 Å². The van der Waals surface area contributed by atoms with Gasteiger partial charge >= 0.3 is 0 Å². The second kappa shape index (κ2) is 8.08. The average molecular weight is 376 g/mol. The number of rotatable bonds is 5. The number of hydrogen-bond donors (Lipinski definition) is 5. The van der Waals surface area contributed by atoms with E-state index < -0.39 is 30.2 Å². The molecule has 0 aromatic rings. The summed E-state index contributed by atoms with van der Waals surface area (Å²) < 4.78 is 0. The third-order valence-electron chi connectivity index (χ3n) is 5.63. The highest BCUT2D eigenvalue weighted by Gasteiger charge is 2.41. The summed E-state index contributed by atoms with van der Waals surface area (Å²) >= 11 is 4.17. The zero-order valence-corrected chi connectivity index (χ0v) is 15.0. The molecule has 0 radical (unpaired) electrons. The molecule has 2 saturated heterocycles. The maximum atomic E-state index is 11.8. The quantitative estimate of drug-likeness (QED) is 0.328. The molecule has 9 heteroatoms. The van der Waals surface area contributed by atoms with Crippen molar-refractivity contribution in [2.45, 2.75) is 75.2 Å². The van der Waals surface area contributed by atoms with Crippen molar-refractivity contribution in [1.29, 1.82) is 0 Å². The Morgan fingerprint density at radius 1 is 1.12 bits per heavy atom. The van der Waals surface area contributed by atoms with Crippen LogP contribution in [0.25, 0.3) is 0 Å². The number of aliphatic hydroxyl groups is 4. The highest BCUT2D eigenvalue weighted by Crippen LogP contribution is 2.35. The first-order chi connectivity index (χ1) is 11.9. The fourth-order valence-electron chi connectivity index (χ4n) is 4.01. The summed E-state index contributed by atoms with van der Waals surface area (Å²) in [5.74, 6) is 0.232. The zero-order chi connectivity index (χ0) is 18.1. The van der Waals surface area contributed by atoms with Gasteiger partial charge in [-0.05, 0) is 31.6 Å². The first kappa shape index (κ1) is 19.3. The molecule has 0 bridgehead atoms. The monoisotopic (exact) mass is 376 g/mol. The van der Waals surface area contributed by atoms with Crippen molar-refractivity contribution in [1.82, 2.24) is 9.96 Å². The molecule has 8 nitrogen and oxygen atoms in total. The number of nitrogens with zero attached hydrogens (tertiary/aromatic N) is 2. The van der Waals surface area contributed by atoms with Gasteiger partial charge in [-0.15, -0.1) is 5.06 Å². The molecule has 1 aliphatic carbocycles. The van der Waals surface area contributed by atoms with Crippen LogP contribution in [0.4, 0.5) is 0 Å². The van der Waals surface area contributed by atoms with Crippen molar-refractivity contribution >= 4 is 18.5 Å². The number of hydroxylamine groups is 2. The summed E-state index contributed by atoms with van der Waals surface area (Å²) in [6.07, 6.45) is 0.540. The second-order valence-corrected chi connectivity index (χ2v) is 8.06. The number of amides is 1. The summed E-state index contributed by atoms with van der Waals surface area (Å²) in [7, 11) is 0. The van der Waals surface area contributed by atoms with Crippen LogP contribution < -0.4 is 0 Å². The number of aliphatic hydroxyl groups excluding tert-OH is 4. The Balaban J connectivity index is 1.45. The van der Waals surface area contributed by atoms with Gasteiger partial charge in [0, 0.05) is 37.0 Å². The van der Waals surface area contributed by atoms with Crippen LogP contribution in [0.5, 0.6) is 0 Å². The van der Waals surface area contributed by atoms with E-state index in [1.807, 2.05) is 0 Å². The molecule has 2 heterocycles. The van der Waals surface area contributed by atoms with E-state index in [1.54, 1.807) is 4.90 Å². The normalized spacial score (nSPS) is 41.5. The van der Waals surface area contributed by atoms with Gasteiger partial charge < -0.3 is 25.3 Å². The van der Waals surface area contributed by atoms with E-state index in [0.717, 1.165) is 30.7 Å². The summed E-state index contributed by atoms with van der Waals surface area (Å²) in [4.78, 5) is 18.7. The molecule has 5 atom stereocenters. The van der Waals surface area contributed by atoms with Gasteiger partial charge in [0.15, 0.2) is 6.29 Å². The minimum atomic E-state index is -1.09. The lowest BCUT2D eigenvalue weighted by Crippen LogP contribution is -2.44. The summed E-state index contributed by atoms with van der Waals surface area (Å²) in [6.45, 7) is 0.564. The van der Waals surface area contributed by atoms with Gasteiger partial charge in [0.2, 0.25) is 5.91 Å². The van der Waals surface area contributed by atoms with E-state index in [0.29, 0.717) is 25.3 Å². The predicted octanol–water partition coefficient (Wildman–Crippen LogP) is -0.376. The van der Waals surface area contributed by atoms with Gasteiger partial charge in [-0.3, -0.25) is 9.63 Å². The van der Waals surface area contributed by atoms with Crippen LogP contribution in [0.3, 0.4) is 0 Å². The Morgan fingerprint density at radius 3 is 2.32 bits per heavy atom. The number of hydrogen-bond acceptors (Lipinski definition) is 8. The Hall–Kier alpha value is -0.420. The molecule has 5 unspecified atom stereocenters. The topological polar surface area (TPSA) is 114 Å². The molecule has 1 saturated carbocycles. The maximum absolute atomic E-state index is 11.8. The van der Waals surface area contributed by atoms with Crippen LogP contribution in [0.2, 0.25) is 0 Å². The van der Waals surface area contributed by atoms with Crippen molar-refractivity contribution in [3.05, 3.63) is 0 Å². The molecule has 2 aliphatic heterocycles. The minimum absolute atomic E-state index is 0.0105. The van der Waals surface area contributed by atoms with Crippen molar-refractivity contribution < 1.29 is 30.1 Å². The van der Waals surface area contributed by atoms with Gasteiger partial charge in [0.05, 0.1) is 0 Å². The van der Waals surface area contributed by atoms with E-state index in [4.69, 9.17) is 4.84 Å². The van der Waals surface area contributed by atoms with Crippen LogP contribution in [-0.4, -0.2) is 73.1 Å². The third-order valence-corrected chi connectivity index (χ3v) is 6.10. The molecular formula is C16H28N2O6S. The fraction of sp³-hybridized carbons (Fsp3) is 0.938. The zero-order valence-electron chi connectivity index (χ0n) is 14.1. The van der Waals surface area contributed by atoms with E-state index >= 15 is 0 Å². The Morgan fingerprint density at radius 2 is 1.80 bits per heavy atom. The van der Waals surface area contributed by atoms with Crippen LogP contribution in [0.15, 0.2) is 0 Å². The number of thiol groups is 1. The van der Waals surface area contributed by atoms with Crippen LogP contribution in [0.1, 0.15) is 44.9 Å². The first-order valence-electron chi connectivity index (χ1n) is 9.01. The molecule has 3 rings (SSSR count). The average Bonchev–Trinajstić information content (AvgIpc) is 3.02. The summed E-state index contributed by atoms with van der Waals surface area (Å²) in [5, 5.41) is 40.5. The molecule has 144 valence electrons. The standard InChI is InChI=1S/C16H28N2O6S/c19-12-5-6-13(20)17(12)8-9-1-3-10(4-2-9)16(23)24-18-14(21)7-11(25)15(18)22/h9-12,14-16,19,21-23,25H,1-8H2. The van der Waals surface area contributed by atoms with Crippen LogP contribution >= 0.6 is 12.6 Å². The van der Waals surface area contributed by atoms with Crippen molar-refractivity contribution in [2.24, 2.45) is 11.8 Å². The van der Waals surface area contributed by atoms with Crippen molar-refractivity contribution in [2.75, 3.05) is 6.54 Å². The summed E-state index contributed by atoms with van der Waals surface area (Å²) in [5.41, 5.74) is 0. The second-order valence-electron chi connectivity index (χ2n) is 7.40. The van der Waals surface area contributed by atoms with Crippen LogP contribution in [-0.2, 0) is 9.63 Å². The Bertz CT molecular complexity index is 476. The van der Waals surface area contributed by atoms with E-state index in [1.165, 1.54) is 0 Å². The predicted molar refractivity (Wildman–Crippen MR) is 90.7 cm³/mol. The Kier molecular flexibility index (Phi) is 6.25. The SMILES string of the molecule is O=C1CCC(O)N1CC1CCC(C(O)ON2C(O)CC(S)C2O)CC1. The van der Waals surface area contributed by atoms with E-state index in [9.17, 15) is 25.2 Å². The minimum Gasteiger partial charge on any atom is -0.376 e. The number of likely N-dealkylation sites (tertiary alicyclic amines) is 1. The van der Waals surface area contributed by atoms with Gasteiger partial charge in [-0.2, -0.15) is 12.6 Å². The van der Waals surface area contributed by atoms with Gasteiger partial charge in [0.1, 0.15) is 18.7 Å².